The van der Waals surface area contributed by atoms with Crippen molar-refractivity contribution in [2.75, 3.05) is 20.8 Å². The van der Waals surface area contributed by atoms with E-state index in [1.165, 1.54) is 31.0 Å². The molecule has 1 aromatic heterocycles. The SMILES string of the molecule is CCc1ccc(C#N)c(-c2cc(=O)n(C(CCOC)C(=O)OC(C)(C)C)cc2OC)c1. The summed E-state index contributed by atoms with van der Waals surface area (Å²) < 4.78 is 17.5. The van der Waals surface area contributed by atoms with Crippen molar-refractivity contribution in [3.05, 3.63) is 51.9 Å². The smallest absolute Gasteiger partial charge is 0.329 e. The quantitative estimate of drug-likeness (QED) is 0.595. The van der Waals surface area contributed by atoms with Gasteiger partial charge in [-0.2, -0.15) is 5.26 Å². The van der Waals surface area contributed by atoms with Crippen LogP contribution in [0.1, 0.15) is 51.3 Å². The van der Waals surface area contributed by atoms with Crippen LogP contribution in [0.2, 0.25) is 0 Å². The summed E-state index contributed by atoms with van der Waals surface area (Å²) >= 11 is 0. The Kier molecular flexibility index (Phi) is 8.01. The first-order valence-electron chi connectivity index (χ1n) is 10.2. The van der Waals surface area contributed by atoms with Gasteiger partial charge in [-0.05, 0) is 44.9 Å². The van der Waals surface area contributed by atoms with Crippen LogP contribution in [0.25, 0.3) is 11.1 Å². The van der Waals surface area contributed by atoms with Crippen LogP contribution in [0.15, 0.2) is 35.3 Å². The van der Waals surface area contributed by atoms with Crippen LogP contribution < -0.4 is 10.3 Å². The molecule has 0 N–H and O–H groups in total. The van der Waals surface area contributed by atoms with E-state index < -0.39 is 23.2 Å². The van der Waals surface area contributed by atoms with E-state index >= 15 is 0 Å². The number of hydrogen-bond donors (Lipinski definition) is 0. The molecule has 2 aromatic rings. The molecule has 0 aliphatic rings. The third-order valence-electron chi connectivity index (χ3n) is 4.78. The first-order chi connectivity index (χ1) is 14.6. The van der Waals surface area contributed by atoms with Crippen molar-refractivity contribution < 1.29 is 19.0 Å². The molecule has 2 rings (SSSR count). The topological polar surface area (TPSA) is 90.6 Å². The van der Waals surface area contributed by atoms with Crippen LogP contribution in [0, 0.1) is 11.3 Å². The molecular formula is C24H30N2O5. The van der Waals surface area contributed by atoms with Crippen LogP contribution in [0.4, 0.5) is 0 Å². The minimum atomic E-state index is -0.868. The van der Waals surface area contributed by atoms with Crippen molar-refractivity contribution in [1.82, 2.24) is 4.57 Å². The third kappa shape index (κ3) is 5.96. The van der Waals surface area contributed by atoms with E-state index in [0.29, 0.717) is 22.4 Å². The first kappa shape index (κ1) is 24.2. The number of aryl methyl sites for hydroxylation is 1. The largest absolute Gasteiger partial charge is 0.495 e. The van der Waals surface area contributed by atoms with Gasteiger partial charge in [-0.3, -0.25) is 9.36 Å². The first-order valence-corrected chi connectivity index (χ1v) is 10.2. The lowest BCUT2D eigenvalue weighted by Crippen LogP contribution is -2.35. The third-order valence-corrected chi connectivity index (χ3v) is 4.78. The zero-order valence-electron chi connectivity index (χ0n) is 19.0. The molecule has 0 saturated carbocycles. The number of carbonyl (C=O) groups excluding carboxylic acids is 1. The zero-order chi connectivity index (χ0) is 23.2. The summed E-state index contributed by atoms with van der Waals surface area (Å²) in [5, 5.41) is 9.55. The van der Waals surface area contributed by atoms with Crippen LogP contribution in [0.5, 0.6) is 5.75 Å². The highest BCUT2D eigenvalue weighted by atomic mass is 16.6. The Bertz CT molecular complexity index is 1030. The second-order valence-electron chi connectivity index (χ2n) is 8.18. The maximum Gasteiger partial charge on any atom is 0.329 e. The normalized spacial score (nSPS) is 12.2. The highest BCUT2D eigenvalue weighted by Crippen LogP contribution is 2.33. The molecule has 0 radical (unpaired) electrons. The Morgan fingerprint density at radius 3 is 2.45 bits per heavy atom. The summed E-state index contributed by atoms with van der Waals surface area (Å²) in [7, 11) is 3.02. The second-order valence-corrected chi connectivity index (χ2v) is 8.18. The van der Waals surface area contributed by atoms with Crippen LogP contribution >= 0.6 is 0 Å². The molecule has 0 amide bonds. The number of pyridine rings is 1. The maximum absolute atomic E-state index is 13.1. The number of esters is 1. The highest BCUT2D eigenvalue weighted by Gasteiger charge is 2.28. The fraction of sp³-hybridized carbons (Fsp3) is 0.458. The van der Waals surface area contributed by atoms with E-state index in [0.717, 1.165) is 12.0 Å². The molecule has 31 heavy (non-hydrogen) atoms. The van der Waals surface area contributed by atoms with Crippen molar-refractivity contribution in [1.29, 1.82) is 5.26 Å². The van der Waals surface area contributed by atoms with Crippen LogP contribution in [0.3, 0.4) is 0 Å². The van der Waals surface area contributed by atoms with Gasteiger partial charge in [-0.25, -0.2) is 4.79 Å². The fourth-order valence-corrected chi connectivity index (χ4v) is 3.25. The van der Waals surface area contributed by atoms with E-state index in [9.17, 15) is 14.9 Å². The summed E-state index contributed by atoms with van der Waals surface area (Å²) in [6.07, 6.45) is 2.56. The van der Waals surface area contributed by atoms with Crippen molar-refractivity contribution in [3.63, 3.8) is 0 Å². The number of benzene rings is 1. The number of carbonyl (C=O) groups is 1. The van der Waals surface area contributed by atoms with E-state index in [4.69, 9.17) is 14.2 Å². The highest BCUT2D eigenvalue weighted by molar-refractivity contribution is 5.77. The number of hydrogen-bond acceptors (Lipinski definition) is 6. The van der Waals surface area contributed by atoms with Gasteiger partial charge in [-0.15, -0.1) is 0 Å². The van der Waals surface area contributed by atoms with Crippen molar-refractivity contribution in [2.24, 2.45) is 0 Å². The van der Waals surface area contributed by atoms with Gasteiger partial charge in [0.15, 0.2) is 0 Å². The molecular weight excluding hydrogens is 396 g/mol. The van der Waals surface area contributed by atoms with E-state index in [1.807, 2.05) is 19.1 Å². The molecule has 0 aliphatic carbocycles. The molecule has 0 aliphatic heterocycles. The van der Waals surface area contributed by atoms with Gasteiger partial charge in [-0.1, -0.05) is 13.0 Å². The summed E-state index contributed by atoms with van der Waals surface area (Å²) in [4.78, 5) is 25.9. The molecule has 0 fully saturated rings. The summed E-state index contributed by atoms with van der Waals surface area (Å²) in [5.74, 6) is -0.137. The summed E-state index contributed by atoms with van der Waals surface area (Å²) in [5.41, 5.74) is 1.51. The van der Waals surface area contributed by atoms with Gasteiger partial charge in [0.1, 0.15) is 17.4 Å². The minimum Gasteiger partial charge on any atom is -0.495 e. The number of methoxy groups -OCH3 is 2. The summed E-state index contributed by atoms with van der Waals surface area (Å²) in [6.45, 7) is 7.61. The Balaban J connectivity index is 2.63. The molecule has 7 heteroatoms. The van der Waals surface area contributed by atoms with E-state index in [2.05, 4.69) is 6.07 Å². The van der Waals surface area contributed by atoms with Gasteiger partial charge in [0.05, 0.1) is 24.9 Å². The average molecular weight is 427 g/mol. The van der Waals surface area contributed by atoms with Gasteiger partial charge in [0.2, 0.25) is 0 Å². The number of nitrogens with zero attached hydrogens (tertiary/aromatic N) is 2. The van der Waals surface area contributed by atoms with Gasteiger partial charge >= 0.3 is 5.97 Å². The Hall–Kier alpha value is -3.11. The predicted octanol–water partition coefficient (Wildman–Crippen LogP) is 3.88. The molecule has 0 bridgehead atoms. The lowest BCUT2D eigenvalue weighted by molar-refractivity contribution is -0.159. The van der Waals surface area contributed by atoms with Crippen molar-refractivity contribution >= 4 is 5.97 Å². The van der Waals surface area contributed by atoms with Gasteiger partial charge in [0, 0.05) is 37.3 Å². The van der Waals surface area contributed by atoms with Crippen molar-refractivity contribution in [2.45, 2.75) is 52.2 Å². The lowest BCUT2D eigenvalue weighted by atomic mass is 9.97. The molecule has 7 nitrogen and oxygen atoms in total. The standard InChI is InChI=1S/C24H30N2O5/c1-7-16-8-9-17(14-25)18(12-16)19-13-22(27)26(15-21(19)30-6)20(10-11-29-5)23(28)31-24(2,3)4/h8-9,12-13,15,20H,7,10-11H2,1-6H3. The number of rotatable bonds is 8. The van der Waals surface area contributed by atoms with Crippen LogP contribution in [-0.4, -0.2) is 37.0 Å². The van der Waals surface area contributed by atoms with Gasteiger partial charge < -0.3 is 14.2 Å². The van der Waals surface area contributed by atoms with Crippen LogP contribution in [-0.2, 0) is 20.7 Å². The zero-order valence-corrected chi connectivity index (χ0v) is 19.0. The molecule has 166 valence electrons. The Morgan fingerprint density at radius 2 is 1.90 bits per heavy atom. The molecule has 0 spiro atoms. The number of nitriles is 1. The van der Waals surface area contributed by atoms with E-state index in [-0.39, 0.29) is 13.0 Å². The minimum absolute atomic E-state index is 0.266. The molecule has 1 heterocycles. The lowest BCUT2D eigenvalue weighted by Gasteiger charge is -2.25. The maximum atomic E-state index is 13.1. The summed E-state index contributed by atoms with van der Waals surface area (Å²) in [6, 6.07) is 8.21. The Morgan fingerprint density at radius 1 is 1.19 bits per heavy atom. The predicted molar refractivity (Wildman–Crippen MR) is 118 cm³/mol. The molecule has 1 atom stereocenters. The second kappa shape index (κ2) is 10.3. The molecule has 1 aromatic carbocycles. The number of aromatic nitrogens is 1. The molecule has 1 unspecified atom stereocenters. The van der Waals surface area contributed by atoms with E-state index in [1.54, 1.807) is 26.8 Å². The average Bonchev–Trinajstić information content (AvgIpc) is 2.72. The monoisotopic (exact) mass is 426 g/mol. The van der Waals surface area contributed by atoms with Crippen molar-refractivity contribution in [3.8, 4) is 22.9 Å². The molecule has 0 saturated heterocycles. The van der Waals surface area contributed by atoms with Gasteiger partial charge in [0.25, 0.3) is 5.56 Å². The number of ether oxygens (including phenoxy) is 3. The fourth-order valence-electron chi connectivity index (χ4n) is 3.25. The Labute approximate surface area is 183 Å².